The molecule has 0 saturated heterocycles. The molecule has 0 bridgehead atoms. The van der Waals surface area contributed by atoms with Gasteiger partial charge in [-0.05, 0) is 18.2 Å². The number of aromatic carboxylic acids is 1. The van der Waals surface area contributed by atoms with Crippen LogP contribution in [-0.4, -0.2) is 20.9 Å². The molecule has 2 N–H and O–H groups in total. The third kappa shape index (κ3) is 1.81. The van der Waals surface area contributed by atoms with E-state index in [2.05, 4.69) is 5.10 Å². The van der Waals surface area contributed by atoms with E-state index in [0.29, 0.717) is 11.3 Å². The standard InChI is InChI=1S/C11H7N3O3/c12-5-7-2-1-3-8(4-7)14-10(15)9(6-13-14)11(16)17/h1-4,6,13H,(H,16,17). The molecule has 0 amide bonds. The number of nitrogens with one attached hydrogen (secondary N) is 1. The van der Waals surface area contributed by atoms with Crippen LogP contribution in [0.5, 0.6) is 0 Å². The predicted molar refractivity (Wildman–Crippen MR) is 58.1 cm³/mol. The Morgan fingerprint density at radius 3 is 2.82 bits per heavy atom. The highest BCUT2D eigenvalue weighted by atomic mass is 16.4. The molecule has 1 aromatic carbocycles. The van der Waals surface area contributed by atoms with Gasteiger partial charge >= 0.3 is 5.97 Å². The molecule has 17 heavy (non-hydrogen) atoms. The lowest BCUT2D eigenvalue weighted by atomic mass is 10.2. The van der Waals surface area contributed by atoms with E-state index < -0.39 is 11.5 Å². The quantitative estimate of drug-likeness (QED) is 0.793. The van der Waals surface area contributed by atoms with Crippen LogP contribution < -0.4 is 5.56 Å². The fourth-order valence-corrected chi connectivity index (χ4v) is 1.43. The van der Waals surface area contributed by atoms with E-state index in [4.69, 9.17) is 10.4 Å². The molecule has 6 heteroatoms. The Labute approximate surface area is 95.3 Å². The Bertz CT molecular complexity index is 676. The molecule has 0 unspecified atom stereocenters. The maximum atomic E-state index is 11.7. The monoisotopic (exact) mass is 229 g/mol. The molecule has 0 radical (unpaired) electrons. The van der Waals surface area contributed by atoms with Crippen molar-refractivity contribution < 1.29 is 9.90 Å². The number of hydrogen-bond acceptors (Lipinski definition) is 3. The van der Waals surface area contributed by atoms with Crippen LogP contribution in [-0.2, 0) is 0 Å². The topological polar surface area (TPSA) is 98.9 Å². The second-order valence-electron chi connectivity index (χ2n) is 3.29. The summed E-state index contributed by atoms with van der Waals surface area (Å²) in [5.41, 5.74) is -0.192. The Kier molecular flexibility index (Phi) is 2.51. The van der Waals surface area contributed by atoms with E-state index in [1.807, 2.05) is 6.07 Å². The fraction of sp³-hybridized carbons (Fsp3) is 0. The van der Waals surface area contributed by atoms with E-state index in [1.54, 1.807) is 18.2 Å². The van der Waals surface area contributed by atoms with Crippen molar-refractivity contribution in [1.29, 1.82) is 5.26 Å². The van der Waals surface area contributed by atoms with Gasteiger partial charge in [-0.15, -0.1) is 0 Å². The third-order valence-corrected chi connectivity index (χ3v) is 2.24. The first-order valence-electron chi connectivity index (χ1n) is 4.67. The van der Waals surface area contributed by atoms with Crippen molar-refractivity contribution in [1.82, 2.24) is 9.78 Å². The normalized spacial score (nSPS) is 9.82. The average Bonchev–Trinajstić information content (AvgIpc) is 2.71. The van der Waals surface area contributed by atoms with Crippen LogP contribution in [0.3, 0.4) is 0 Å². The number of aromatic nitrogens is 2. The van der Waals surface area contributed by atoms with Gasteiger partial charge in [0.25, 0.3) is 5.56 Å². The number of benzene rings is 1. The minimum atomic E-state index is -1.29. The van der Waals surface area contributed by atoms with Gasteiger partial charge in [-0.3, -0.25) is 9.89 Å². The Balaban J connectivity index is 2.58. The highest BCUT2D eigenvalue weighted by Gasteiger charge is 2.13. The molecule has 84 valence electrons. The van der Waals surface area contributed by atoms with Gasteiger partial charge in [0.05, 0.1) is 17.3 Å². The minimum Gasteiger partial charge on any atom is -0.477 e. The number of carboxylic acid groups (broad SMARTS) is 1. The Morgan fingerprint density at radius 2 is 2.24 bits per heavy atom. The maximum Gasteiger partial charge on any atom is 0.342 e. The predicted octanol–water partition coefficient (Wildman–Crippen LogP) is 0.735. The van der Waals surface area contributed by atoms with Gasteiger partial charge in [-0.2, -0.15) is 5.26 Å². The van der Waals surface area contributed by atoms with Crippen molar-refractivity contribution in [2.24, 2.45) is 0 Å². The largest absolute Gasteiger partial charge is 0.477 e. The number of nitrogens with zero attached hydrogens (tertiary/aromatic N) is 2. The number of H-pyrrole nitrogens is 1. The zero-order chi connectivity index (χ0) is 12.4. The van der Waals surface area contributed by atoms with Crippen LogP contribution in [0.2, 0.25) is 0 Å². The highest BCUT2D eigenvalue weighted by molar-refractivity contribution is 5.86. The lowest BCUT2D eigenvalue weighted by molar-refractivity contribution is 0.0695. The van der Waals surface area contributed by atoms with Crippen LogP contribution >= 0.6 is 0 Å². The van der Waals surface area contributed by atoms with E-state index in [0.717, 1.165) is 10.9 Å². The zero-order valence-corrected chi connectivity index (χ0v) is 8.54. The van der Waals surface area contributed by atoms with Crippen molar-refractivity contribution in [3.8, 4) is 11.8 Å². The van der Waals surface area contributed by atoms with Gasteiger partial charge in [-0.25, -0.2) is 9.48 Å². The van der Waals surface area contributed by atoms with Crippen molar-refractivity contribution in [3.05, 3.63) is 51.9 Å². The SMILES string of the molecule is N#Cc1cccc(-n2[nH]cc(C(=O)O)c2=O)c1. The molecule has 0 aliphatic carbocycles. The summed E-state index contributed by atoms with van der Waals surface area (Å²) in [5.74, 6) is -1.29. The van der Waals surface area contributed by atoms with Gasteiger partial charge < -0.3 is 5.11 Å². The van der Waals surface area contributed by atoms with Gasteiger partial charge in [-0.1, -0.05) is 6.07 Å². The summed E-state index contributed by atoms with van der Waals surface area (Å²) >= 11 is 0. The van der Waals surface area contributed by atoms with Crippen molar-refractivity contribution in [2.75, 3.05) is 0 Å². The van der Waals surface area contributed by atoms with Crippen LogP contribution in [0.1, 0.15) is 15.9 Å². The maximum absolute atomic E-state index is 11.7. The molecule has 0 aliphatic rings. The van der Waals surface area contributed by atoms with Crippen molar-refractivity contribution in [3.63, 3.8) is 0 Å². The van der Waals surface area contributed by atoms with E-state index in [1.165, 1.54) is 6.07 Å². The zero-order valence-electron chi connectivity index (χ0n) is 8.54. The molecule has 0 atom stereocenters. The van der Waals surface area contributed by atoms with Crippen LogP contribution in [0, 0.1) is 11.3 Å². The lowest BCUT2D eigenvalue weighted by Gasteiger charge is -2.00. The number of aromatic amines is 1. The summed E-state index contributed by atoms with van der Waals surface area (Å²) in [7, 11) is 0. The first-order chi connectivity index (χ1) is 8.13. The third-order valence-electron chi connectivity index (χ3n) is 2.24. The number of carboxylic acids is 1. The van der Waals surface area contributed by atoms with Gasteiger partial charge in [0.1, 0.15) is 5.56 Å². The van der Waals surface area contributed by atoms with Gasteiger partial charge in [0, 0.05) is 6.20 Å². The van der Waals surface area contributed by atoms with Gasteiger partial charge in [0.2, 0.25) is 0 Å². The molecule has 0 spiro atoms. The minimum absolute atomic E-state index is 0.340. The van der Waals surface area contributed by atoms with Crippen LogP contribution in [0.15, 0.2) is 35.3 Å². The lowest BCUT2D eigenvalue weighted by Crippen LogP contribution is -2.19. The summed E-state index contributed by atoms with van der Waals surface area (Å²) in [6, 6.07) is 8.24. The molecule has 0 aliphatic heterocycles. The highest BCUT2D eigenvalue weighted by Crippen LogP contribution is 2.07. The first kappa shape index (κ1) is 10.7. The Morgan fingerprint density at radius 1 is 1.47 bits per heavy atom. The molecule has 6 nitrogen and oxygen atoms in total. The van der Waals surface area contributed by atoms with E-state index in [9.17, 15) is 9.59 Å². The number of carbonyl (C=O) groups is 1. The van der Waals surface area contributed by atoms with E-state index in [-0.39, 0.29) is 5.56 Å². The van der Waals surface area contributed by atoms with Crippen LogP contribution in [0.4, 0.5) is 0 Å². The number of nitriles is 1. The fourth-order valence-electron chi connectivity index (χ4n) is 1.43. The molecule has 1 aromatic heterocycles. The van der Waals surface area contributed by atoms with E-state index >= 15 is 0 Å². The van der Waals surface area contributed by atoms with Gasteiger partial charge in [0.15, 0.2) is 0 Å². The molecule has 0 fully saturated rings. The van der Waals surface area contributed by atoms with Crippen LogP contribution in [0.25, 0.3) is 5.69 Å². The molecule has 2 rings (SSSR count). The summed E-state index contributed by atoms with van der Waals surface area (Å²) in [5, 5.41) is 20.0. The molecule has 1 heterocycles. The average molecular weight is 229 g/mol. The summed E-state index contributed by atoms with van der Waals surface area (Å²) < 4.78 is 1.07. The smallest absolute Gasteiger partial charge is 0.342 e. The summed E-state index contributed by atoms with van der Waals surface area (Å²) in [4.78, 5) is 22.4. The van der Waals surface area contributed by atoms with Crippen molar-refractivity contribution in [2.45, 2.75) is 0 Å². The molecular weight excluding hydrogens is 222 g/mol. The molecular formula is C11H7N3O3. The second kappa shape index (κ2) is 3.98. The second-order valence-corrected chi connectivity index (χ2v) is 3.29. The number of hydrogen-bond donors (Lipinski definition) is 2. The molecule has 2 aromatic rings. The van der Waals surface area contributed by atoms with Crippen molar-refractivity contribution >= 4 is 5.97 Å². The first-order valence-corrected chi connectivity index (χ1v) is 4.67. The molecule has 0 saturated carbocycles. The number of rotatable bonds is 2. The summed E-state index contributed by atoms with van der Waals surface area (Å²) in [6.07, 6.45) is 1.11. The Hall–Kier alpha value is -2.81. The summed E-state index contributed by atoms with van der Waals surface area (Å²) in [6.45, 7) is 0.